The van der Waals surface area contributed by atoms with Gasteiger partial charge in [0.2, 0.25) is 0 Å². The lowest BCUT2D eigenvalue weighted by Crippen LogP contribution is -2.36. The van der Waals surface area contributed by atoms with E-state index < -0.39 is 42.9 Å². The van der Waals surface area contributed by atoms with Gasteiger partial charge in [-0.3, -0.25) is 19.0 Å². The number of ketones is 2. The summed E-state index contributed by atoms with van der Waals surface area (Å²) in [6.07, 6.45) is -1.95. The number of carbonyl (C=O) groups is 2. The van der Waals surface area contributed by atoms with E-state index in [1.165, 1.54) is 0 Å². The molecule has 0 aliphatic heterocycles. The minimum absolute atomic E-state index is 0.105. The van der Waals surface area contributed by atoms with Crippen molar-refractivity contribution in [3.05, 3.63) is 34.3 Å². The number of anilines is 1. The van der Waals surface area contributed by atoms with Gasteiger partial charge < -0.3 is 5.73 Å². The first kappa shape index (κ1) is 8.71. The standard InChI is InChI=1S/C15H15N3O3/c1-8-17-11-4-2-3-10(16)14(11)15(21)18(8)12-6-5-9(19)7-13(12)20/h2-4,12H,5-7,16H2,1H3/i1D2,2D,4D,5D. The third-order valence-electron chi connectivity index (χ3n) is 3.45. The molecule has 0 spiro atoms. The van der Waals surface area contributed by atoms with Crippen molar-refractivity contribution in [1.82, 2.24) is 9.55 Å². The molecule has 0 bridgehead atoms. The monoisotopic (exact) mass is 290 g/mol. The first-order valence-electron chi connectivity index (χ1n) is 9.00. The van der Waals surface area contributed by atoms with Crippen LogP contribution in [0.25, 0.3) is 10.9 Å². The smallest absolute Gasteiger partial charge is 0.264 e. The van der Waals surface area contributed by atoms with Gasteiger partial charge in [0.05, 0.1) is 26.1 Å². The molecule has 1 saturated carbocycles. The number of aryl methyl sites for hydroxylation is 1. The number of carbonyl (C=O) groups excluding carboxylic acids is 2. The largest absolute Gasteiger partial charge is 0.398 e. The predicted octanol–water partition coefficient (Wildman–Crippen LogP) is 1.15. The molecule has 1 aromatic carbocycles. The highest BCUT2D eigenvalue weighted by Gasteiger charge is 2.30. The normalized spacial score (nSPS) is 26.2. The summed E-state index contributed by atoms with van der Waals surface area (Å²) in [5.41, 5.74) is 4.67. The Morgan fingerprint density at radius 3 is 3.10 bits per heavy atom. The Bertz CT molecular complexity index is 1000. The molecule has 2 aromatic rings. The van der Waals surface area contributed by atoms with Crippen LogP contribution in [0.1, 0.15) is 38.0 Å². The molecular formula is C15H15N3O3. The van der Waals surface area contributed by atoms with Crippen LogP contribution in [0.3, 0.4) is 0 Å². The quantitative estimate of drug-likeness (QED) is 0.628. The number of fused-ring (bicyclic) bond motifs is 1. The lowest BCUT2D eigenvalue weighted by Gasteiger charge is -2.24. The molecule has 6 nitrogen and oxygen atoms in total. The van der Waals surface area contributed by atoms with Gasteiger partial charge in [-0.25, -0.2) is 4.98 Å². The van der Waals surface area contributed by atoms with Crippen LogP contribution in [0.5, 0.6) is 0 Å². The Labute approximate surface area is 127 Å². The fourth-order valence-corrected chi connectivity index (χ4v) is 2.44. The van der Waals surface area contributed by atoms with Crippen LogP contribution in [-0.4, -0.2) is 21.1 Å². The van der Waals surface area contributed by atoms with Crippen molar-refractivity contribution < 1.29 is 16.4 Å². The van der Waals surface area contributed by atoms with Gasteiger partial charge in [-0.15, -0.1) is 0 Å². The van der Waals surface area contributed by atoms with E-state index >= 15 is 0 Å². The van der Waals surface area contributed by atoms with Crippen molar-refractivity contribution in [2.24, 2.45) is 0 Å². The second-order valence-electron chi connectivity index (χ2n) is 4.80. The highest BCUT2D eigenvalue weighted by Crippen LogP contribution is 2.24. The molecule has 21 heavy (non-hydrogen) atoms. The maximum atomic E-state index is 13.0. The highest BCUT2D eigenvalue weighted by atomic mass is 16.2. The first-order chi connectivity index (χ1) is 12.1. The van der Waals surface area contributed by atoms with Gasteiger partial charge in [0.15, 0.2) is 5.78 Å². The van der Waals surface area contributed by atoms with Crippen molar-refractivity contribution in [3.8, 4) is 0 Å². The Kier molecular flexibility index (Phi) is 1.99. The molecule has 0 saturated heterocycles. The molecule has 2 N–H and O–H groups in total. The van der Waals surface area contributed by atoms with Gasteiger partial charge in [-0.05, 0) is 25.4 Å². The van der Waals surface area contributed by atoms with Gasteiger partial charge in [0.25, 0.3) is 5.56 Å². The predicted molar refractivity (Wildman–Crippen MR) is 78.1 cm³/mol. The third kappa shape index (κ3) is 2.12. The second-order valence-corrected chi connectivity index (χ2v) is 4.80. The van der Waals surface area contributed by atoms with Gasteiger partial charge >= 0.3 is 0 Å². The molecule has 6 heteroatoms. The van der Waals surface area contributed by atoms with E-state index in [0.717, 1.165) is 10.6 Å². The van der Waals surface area contributed by atoms with Gasteiger partial charge in [-0.2, -0.15) is 0 Å². The summed E-state index contributed by atoms with van der Waals surface area (Å²) in [7, 11) is 0. The van der Waals surface area contributed by atoms with E-state index in [9.17, 15) is 14.4 Å². The summed E-state index contributed by atoms with van der Waals surface area (Å²) in [5, 5.41) is -0.179. The Morgan fingerprint density at radius 1 is 1.52 bits per heavy atom. The van der Waals surface area contributed by atoms with Crippen LogP contribution >= 0.6 is 0 Å². The second kappa shape index (κ2) is 4.80. The van der Waals surface area contributed by atoms with E-state index in [0.29, 0.717) is 0 Å². The van der Waals surface area contributed by atoms with E-state index in [-0.39, 0.29) is 40.9 Å². The number of rotatable bonds is 1. The van der Waals surface area contributed by atoms with Crippen molar-refractivity contribution in [1.29, 1.82) is 0 Å². The Balaban J connectivity index is 2.37. The maximum Gasteiger partial charge on any atom is 0.264 e. The Morgan fingerprint density at radius 2 is 2.33 bits per heavy atom. The Hall–Kier alpha value is -2.50. The lowest BCUT2D eigenvalue weighted by molar-refractivity contribution is -0.132. The van der Waals surface area contributed by atoms with Crippen LogP contribution in [0, 0.1) is 6.88 Å². The van der Waals surface area contributed by atoms with Crippen molar-refractivity contribution in [2.45, 2.75) is 32.2 Å². The topological polar surface area (TPSA) is 95.0 Å². The number of Topliss-reactive ketones (excluding diaryl/α,β-unsaturated/α-hetero) is 2. The molecule has 0 amide bonds. The number of hydrogen-bond donors (Lipinski definition) is 1. The number of nitrogens with two attached hydrogens (primary N) is 1. The van der Waals surface area contributed by atoms with E-state index in [1.54, 1.807) is 0 Å². The molecule has 1 aliphatic carbocycles. The average molecular weight is 290 g/mol. The molecule has 0 radical (unpaired) electrons. The molecule has 2 unspecified atom stereocenters. The summed E-state index contributed by atoms with van der Waals surface area (Å²) in [6, 6.07) is -0.709. The van der Waals surface area contributed by atoms with Crippen LogP contribution < -0.4 is 11.3 Å². The van der Waals surface area contributed by atoms with Crippen molar-refractivity contribution in [3.63, 3.8) is 0 Å². The molecule has 1 aliphatic rings. The summed E-state index contributed by atoms with van der Waals surface area (Å²) in [5.74, 6) is -1.53. The SMILES string of the molecule is [2H]c1cc(N)c2c(=O)n(C3CC([2H])C(=O)CC3=O)c(C([2H])[2H])nc2c1[2H]. The number of aromatic nitrogens is 2. The van der Waals surface area contributed by atoms with Gasteiger partial charge in [0, 0.05) is 16.2 Å². The summed E-state index contributed by atoms with van der Waals surface area (Å²) < 4.78 is 39.5. The summed E-state index contributed by atoms with van der Waals surface area (Å²) in [6.45, 7) is -1.75. The summed E-state index contributed by atoms with van der Waals surface area (Å²) in [4.78, 5) is 40.9. The fraction of sp³-hybridized carbons (Fsp3) is 0.333. The molecule has 1 fully saturated rings. The van der Waals surface area contributed by atoms with E-state index in [4.69, 9.17) is 12.6 Å². The van der Waals surface area contributed by atoms with Gasteiger partial charge in [0.1, 0.15) is 11.6 Å². The van der Waals surface area contributed by atoms with Gasteiger partial charge in [-0.1, -0.05) is 6.04 Å². The molecule has 108 valence electrons. The minimum Gasteiger partial charge on any atom is -0.398 e. The molecule has 3 rings (SSSR count). The zero-order valence-corrected chi connectivity index (χ0v) is 10.9. The zero-order chi connectivity index (χ0) is 19.3. The first-order valence-corrected chi connectivity index (χ1v) is 6.27. The zero-order valence-electron chi connectivity index (χ0n) is 15.9. The summed E-state index contributed by atoms with van der Waals surface area (Å²) >= 11 is 0. The molecule has 2 atom stereocenters. The van der Waals surface area contributed by atoms with Crippen LogP contribution in [0.15, 0.2) is 22.9 Å². The molecule has 1 heterocycles. The number of benzene rings is 1. The molecule has 1 aromatic heterocycles. The molecular weight excluding hydrogens is 270 g/mol. The van der Waals surface area contributed by atoms with Crippen molar-refractivity contribution in [2.75, 3.05) is 5.73 Å². The van der Waals surface area contributed by atoms with Crippen molar-refractivity contribution >= 4 is 28.2 Å². The van der Waals surface area contributed by atoms with Crippen LogP contribution in [-0.2, 0) is 9.59 Å². The number of nitrogen functional groups attached to an aromatic ring is 1. The van der Waals surface area contributed by atoms with E-state index in [2.05, 4.69) is 4.98 Å². The minimum atomic E-state index is -1.75. The third-order valence-corrected chi connectivity index (χ3v) is 3.45. The van der Waals surface area contributed by atoms with Crippen LogP contribution in [0.4, 0.5) is 5.69 Å². The fourth-order valence-electron chi connectivity index (χ4n) is 2.44. The maximum absolute atomic E-state index is 13.0. The lowest BCUT2D eigenvalue weighted by atomic mass is 9.92. The van der Waals surface area contributed by atoms with Crippen LogP contribution in [0.2, 0.25) is 0 Å². The number of nitrogens with zero attached hydrogens (tertiary/aromatic N) is 2. The highest BCUT2D eigenvalue weighted by molar-refractivity contribution is 6.03. The average Bonchev–Trinajstić information content (AvgIpc) is 2.55. The van der Waals surface area contributed by atoms with E-state index in [1.807, 2.05) is 0 Å². The number of hydrogen-bond acceptors (Lipinski definition) is 5.